The SMILES string of the molecule is Cc1cc(CNc2cc(F)c(I)cc2[N+](=O)[O-])on1. The molecule has 6 nitrogen and oxygen atoms in total. The van der Waals surface area contributed by atoms with Gasteiger partial charge in [-0.05, 0) is 29.5 Å². The number of nitro groups is 1. The van der Waals surface area contributed by atoms with Gasteiger partial charge in [-0.2, -0.15) is 0 Å². The van der Waals surface area contributed by atoms with E-state index in [-0.39, 0.29) is 21.5 Å². The van der Waals surface area contributed by atoms with E-state index >= 15 is 0 Å². The molecule has 2 rings (SSSR count). The molecule has 1 N–H and O–H groups in total. The Balaban J connectivity index is 2.23. The lowest BCUT2D eigenvalue weighted by Crippen LogP contribution is -2.03. The van der Waals surface area contributed by atoms with Gasteiger partial charge in [0.1, 0.15) is 11.5 Å². The molecule has 1 aromatic heterocycles. The lowest BCUT2D eigenvalue weighted by atomic mass is 10.2. The first-order chi connectivity index (χ1) is 8.97. The lowest BCUT2D eigenvalue weighted by molar-refractivity contribution is -0.384. The molecule has 0 unspecified atom stereocenters. The summed E-state index contributed by atoms with van der Waals surface area (Å²) in [6.45, 7) is 1.96. The van der Waals surface area contributed by atoms with Crippen molar-refractivity contribution in [3.8, 4) is 0 Å². The van der Waals surface area contributed by atoms with Gasteiger partial charge in [-0.25, -0.2) is 4.39 Å². The van der Waals surface area contributed by atoms with Crippen molar-refractivity contribution in [3.05, 3.63) is 49.2 Å². The number of nitrogens with one attached hydrogen (secondary N) is 1. The number of halogens is 2. The fraction of sp³-hybridized carbons (Fsp3) is 0.182. The van der Waals surface area contributed by atoms with Gasteiger partial charge in [-0.15, -0.1) is 0 Å². The minimum atomic E-state index is -0.560. The van der Waals surface area contributed by atoms with Crippen LogP contribution in [0.25, 0.3) is 0 Å². The highest BCUT2D eigenvalue weighted by Crippen LogP contribution is 2.29. The molecule has 2 aromatic rings. The van der Waals surface area contributed by atoms with Crippen LogP contribution in [0.5, 0.6) is 0 Å². The largest absolute Gasteiger partial charge is 0.372 e. The maximum atomic E-state index is 13.4. The minimum Gasteiger partial charge on any atom is -0.372 e. The first-order valence-electron chi connectivity index (χ1n) is 5.27. The Hall–Kier alpha value is -1.71. The summed E-state index contributed by atoms with van der Waals surface area (Å²) < 4.78 is 18.6. The van der Waals surface area contributed by atoms with Crippen LogP contribution in [0, 0.1) is 26.4 Å². The Labute approximate surface area is 121 Å². The van der Waals surface area contributed by atoms with E-state index in [1.165, 1.54) is 6.07 Å². The highest BCUT2D eigenvalue weighted by Gasteiger charge is 2.17. The number of hydrogen-bond donors (Lipinski definition) is 1. The third kappa shape index (κ3) is 3.19. The number of nitro benzene ring substituents is 1. The van der Waals surface area contributed by atoms with Gasteiger partial charge in [0, 0.05) is 18.2 Å². The van der Waals surface area contributed by atoms with Crippen molar-refractivity contribution in [2.24, 2.45) is 0 Å². The predicted octanol–water partition coefficient (Wildman–Crippen LogP) is 3.25. The summed E-state index contributed by atoms with van der Waals surface area (Å²) in [5, 5.41) is 17.4. The predicted molar refractivity (Wildman–Crippen MR) is 74.3 cm³/mol. The van der Waals surface area contributed by atoms with E-state index in [2.05, 4.69) is 10.5 Å². The van der Waals surface area contributed by atoms with Gasteiger partial charge in [0.2, 0.25) is 0 Å². The van der Waals surface area contributed by atoms with Gasteiger partial charge in [-0.1, -0.05) is 5.16 Å². The fourth-order valence-electron chi connectivity index (χ4n) is 1.51. The van der Waals surface area contributed by atoms with E-state index in [1.54, 1.807) is 35.6 Å². The quantitative estimate of drug-likeness (QED) is 0.503. The van der Waals surface area contributed by atoms with E-state index in [0.717, 1.165) is 6.07 Å². The maximum Gasteiger partial charge on any atom is 0.293 e. The molecule has 19 heavy (non-hydrogen) atoms. The average Bonchev–Trinajstić information content (AvgIpc) is 2.76. The molecule has 0 saturated carbocycles. The Morgan fingerprint density at radius 2 is 2.26 bits per heavy atom. The Bertz CT molecular complexity index is 630. The van der Waals surface area contributed by atoms with Crippen LogP contribution in [-0.4, -0.2) is 10.1 Å². The molecule has 0 spiro atoms. The van der Waals surface area contributed by atoms with Crippen LogP contribution in [0.1, 0.15) is 11.5 Å². The van der Waals surface area contributed by atoms with Crippen molar-refractivity contribution in [3.63, 3.8) is 0 Å². The Morgan fingerprint density at radius 3 is 2.84 bits per heavy atom. The summed E-state index contributed by atoms with van der Waals surface area (Å²) in [6.07, 6.45) is 0. The Morgan fingerprint density at radius 1 is 1.53 bits per heavy atom. The highest BCUT2D eigenvalue weighted by atomic mass is 127. The summed E-state index contributed by atoms with van der Waals surface area (Å²) in [7, 11) is 0. The van der Waals surface area contributed by atoms with E-state index < -0.39 is 10.7 Å². The molecule has 0 aliphatic heterocycles. The van der Waals surface area contributed by atoms with Crippen molar-refractivity contribution >= 4 is 34.0 Å². The standard InChI is InChI=1S/C11H9FIN3O3/c1-6-2-7(19-15-6)5-14-10-3-8(12)9(13)4-11(10)16(17)18/h2-4,14H,5H2,1H3. The molecule has 0 aliphatic carbocycles. The van der Waals surface area contributed by atoms with Crippen LogP contribution in [0.2, 0.25) is 0 Å². The van der Waals surface area contributed by atoms with Crippen LogP contribution >= 0.6 is 22.6 Å². The first kappa shape index (κ1) is 13.7. The summed E-state index contributed by atoms with van der Waals surface area (Å²) in [6, 6.07) is 3.98. The number of aromatic nitrogens is 1. The molecule has 0 bridgehead atoms. The molecular weight excluding hydrogens is 368 g/mol. The smallest absolute Gasteiger partial charge is 0.293 e. The second-order valence-electron chi connectivity index (χ2n) is 3.83. The molecular formula is C11H9FIN3O3. The maximum absolute atomic E-state index is 13.4. The van der Waals surface area contributed by atoms with Crippen LogP contribution in [0.4, 0.5) is 15.8 Å². The zero-order chi connectivity index (χ0) is 14.0. The fourth-order valence-corrected chi connectivity index (χ4v) is 1.96. The van der Waals surface area contributed by atoms with Crippen LogP contribution in [-0.2, 0) is 6.54 Å². The van der Waals surface area contributed by atoms with Gasteiger partial charge >= 0.3 is 0 Å². The van der Waals surface area contributed by atoms with E-state index in [9.17, 15) is 14.5 Å². The molecule has 1 aromatic carbocycles. The molecule has 0 radical (unpaired) electrons. The molecule has 100 valence electrons. The first-order valence-corrected chi connectivity index (χ1v) is 6.34. The molecule has 0 atom stereocenters. The number of rotatable bonds is 4. The van der Waals surface area contributed by atoms with Gasteiger partial charge in [0.15, 0.2) is 5.76 Å². The molecule has 0 amide bonds. The van der Waals surface area contributed by atoms with E-state index in [0.29, 0.717) is 11.5 Å². The second kappa shape index (κ2) is 5.51. The third-order valence-corrected chi connectivity index (χ3v) is 3.19. The van der Waals surface area contributed by atoms with Gasteiger partial charge in [-0.3, -0.25) is 10.1 Å². The van der Waals surface area contributed by atoms with E-state index in [1.807, 2.05) is 0 Å². The summed E-state index contributed by atoms with van der Waals surface area (Å²) in [4.78, 5) is 10.3. The topological polar surface area (TPSA) is 81.2 Å². The van der Waals surface area contributed by atoms with Crippen molar-refractivity contribution in [1.29, 1.82) is 0 Å². The van der Waals surface area contributed by atoms with Gasteiger partial charge in [0.25, 0.3) is 5.69 Å². The zero-order valence-electron chi connectivity index (χ0n) is 9.81. The normalized spacial score (nSPS) is 10.5. The van der Waals surface area contributed by atoms with Crippen molar-refractivity contribution in [2.45, 2.75) is 13.5 Å². The van der Waals surface area contributed by atoms with Crippen LogP contribution < -0.4 is 5.32 Å². The number of hydrogen-bond acceptors (Lipinski definition) is 5. The molecule has 1 heterocycles. The van der Waals surface area contributed by atoms with Crippen LogP contribution in [0.3, 0.4) is 0 Å². The lowest BCUT2D eigenvalue weighted by Gasteiger charge is -2.06. The van der Waals surface area contributed by atoms with Gasteiger partial charge in [0.05, 0.1) is 20.7 Å². The number of anilines is 1. The zero-order valence-corrected chi connectivity index (χ0v) is 12.0. The number of nitrogens with zero attached hydrogens (tertiary/aromatic N) is 2. The van der Waals surface area contributed by atoms with Crippen LogP contribution in [0.15, 0.2) is 22.7 Å². The molecule has 0 aliphatic rings. The molecule has 0 saturated heterocycles. The highest BCUT2D eigenvalue weighted by molar-refractivity contribution is 14.1. The van der Waals surface area contributed by atoms with E-state index in [4.69, 9.17) is 4.52 Å². The average molecular weight is 377 g/mol. The summed E-state index contributed by atoms with van der Waals surface area (Å²) >= 11 is 1.71. The summed E-state index contributed by atoms with van der Waals surface area (Å²) in [5.74, 6) is 0.00760. The molecule has 8 heteroatoms. The van der Waals surface area contributed by atoms with Crippen molar-refractivity contribution < 1.29 is 13.8 Å². The third-order valence-electron chi connectivity index (χ3n) is 2.37. The number of aryl methyl sites for hydroxylation is 1. The summed E-state index contributed by atoms with van der Waals surface area (Å²) in [5.41, 5.74) is 0.638. The monoisotopic (exact) mass is 377 g/mol. The van der Waals surface area contributed by atoms with Crippen molar-refractivity contribution in [2.75, 3.05) is 5.32 Å². The number of benzene rings is 1. The minimum absolute atomic E-state index is 0.108. The van der Waals surface area contributed by atoms with Crippen molar-refractivity contribution in [1.82, 2.24) is 5.16 Å². The Kier molecular flexibility index (Phi) is 3.98. The van der Waals surface area contributed by atoms with Gasteiger partial charge < -0.3 is 9.84 Å². The molecule has 0 fully saturated rings. The second-order valence-corrected chi connectivity index (χ2v) is 4.99.